The summed E-state index contributed by atoms with van der Waals surface area (Å²) in [5.41, 5.74) is 0. The molecule has 3 nitrogen and oxygen atoms in total. The number of hydrogen-bond donors (Lipinski definition) is 0. The molecule has 0 aromatic carbocycles. The van der Waals surface area contributed by atoms with Crippen molar-refractivity contribution in [2.24, 2.45) is 11.8 Å². The van der Waals surface area contributed by atoms with Crippen molar-refractivity contribution in [2.45, 2.75) is 42.3 Å². The number of nitrogens with zero attached hydrogens (tertiary/aromatic N) is 1. The summed E-state index contributed by atoms with van der Waals surface area (Å²) in [4.78, 5) is 13.6. The van der Waals surface area contributed by atoms with Crippen LogP contribution in [0.4, 0.5) is 4.79 Å². The fraction of sp³-hybridized carbons (Fsp3) is 0.923. The number of likely N-dealkylation sites (tertiary alicyclic amines) is 1. The summed E-state index contributed by atoms with van der Waals surface area (Å²) < 4.78 is 3.49. The van der Waals surface area contributed by atoms with E-state index in [-0.39, 0.29) is 12.7 Å². The van der Waals surface area contributed by atoms with E-state index in [1.165, 1.54) is 32.1 Å². The number of rotatable bonds is 2. The van der Waals surface area contributed by atoms with Crippen LogP contribution in [-0.2, 0) is 4.74 Å². The van der Waals surface area contributed by atoms with Gasteiger partial charge in [0.05, 0.1) is 0 Å². The van der Waals surface area contributed by atoms with E-state index >= 15 is 0 Å². The van der Waals surface area contributed by atoms with Gasteiger partial charge in [-0.2, -0.15) is 0 Å². The lowest BCUT2D eigenvalue weighted by Crippen LogP contribution is -2.32. The van der Waals surface area contributed by atoms with Crippen molar-refractivity contribution < 1.29 is 9.53 Å². The Hall–Kier alpha value is 0.140. The van der Waals surface area contributed by atoms with Crippen LogP contribution >= 0.6 is 34.8 Å². The van der Waals surface area contributed by atoms with E-state index in [1.54, 1.807) is 4.90 Å². The molecule has 2 fully saturated rings. The molecule has 0 aromatic rings. The smallest absolute Gasteiger partial charge is 0.409 e. The molecule has 2 aliphatic rings. The van der Waals surface area contributed by atoms with Crippen molar-refractivity contribution in [3.05, 3.63) is 0 Å². The SMILES string of the molecule is O=C(OCC(Cl)(Cl)Cl)N1CC[C@@H](C2CCCCC2)C1. The molecule has 1 heterocycles. The molecule has 0 unspecified atom stereocenters. The highest BCUT2D eigenvalue weighted by Crippen LogP contribution is 2.35. The van der Waals surface area contributed by atoms with Crippen molar-refractivity contribution >= 4 is 40.9 Å². The summed E-state index contributed by atoms with van der Waals surface area (Å²) in [6, 6.07) is 0. The van der Waals surface area contributed by atoms with Crippen molar-refractivity contribution in [1.82, 2.24) is 4.90 Å². The summed E-state index contributed by atoms with van der Waals surface area (Å²) >= 11 is 16.7. The maximum Gasteiger partial charge on any atom is 0.409 e. The molecule has 0 radical (unpaired) electrons. The predicted molar refractivity (Wildman–Crippen MR) is 77.9 cm³/mol. The molecule has 0 bridgehead atoms. The first-order valence-corrected chi connectivity index (χ1v) is 8.07. The Morgan fingerprint density at radius 2 is 1.79 bits per heavy atom. The number of hydrogen-bond acceptors (Lipinski definition) is 2. The number of amides is 1. The van der Waals surface area contributed by atoms with Crippen LogP contribution in [-0.4, -0.2) is 34.5 Å². The van der Waals surface area contributed by atoms with E-state index in [2.05, 4.69) is 0 Å². The fourth-order valence-corrected chi connectivity index (χ4v) is 3.34. The molecule has 1 atom stereocenters. The van der Waals surface area contributed by atoms with Crippen LogP contribution in [0.1, 0.15) is 38.5 Å². The molecule has 1 amide bonds. The first-order valence-electron chi connectivity index (χ1n) is 6.94. The molecule has 0 aromatic heterocycles. The third-order valence-electron chi connectivity index (χ3n) is 4.16. The van der Waals surface area contributed by atoms with Gasteiger partial charge in [-0.25, -0.2) is 4.79 Å². The minimum absolute atomic E-state index is 0.193. The summed E-state index contributed by atoms with van der Waals surface area (Å²) in [6.45, 7) is 1.37. The average molecular weight is 329 g/mol. The van der Waals surface area contributed by atoms with Crippen molar-refractivity contribution in [3.8, 4) is 0 Å². The minimum atomic E-state index is -1.53. The van der Waals surface area contributed by atoms with Gasteiger partial charge < -0.3 is 9.64 Å². The quantitative estimate of drug-likeness (QED) is 0.703. The number of carbonyl (C=O) groups excluding carboxylic acids is 1. The molecule has 1 saturated heterocycles. The third-order valence-corrected chi connectivity index (χ3v) is 4.49. The van der Waals surface area contributed by atoms with Gasteiger partial charge in [0.15, 0.2) is 0 Å². The predicted octanol–water partition coefficient (Wildman–Crippen LogP) is 4.40. The highest BCUT2D eigenvalue weighted by atomic mass is 35.6. The third kappa shape index (κ3) is 4.87. The van der Waals surface area contributed by atoms with E-state index in [9.17, 15) is 4.79 Å². The molecule has 110 valence electrons. The van der Waals surface area contributed by atoms with Crippen LogP contribution in [0.25, 0.3) is 0 Å². The molecule has 1 aliphatic carbocycles. The number of carbonyl (C=O) groups is 1. The zero-order chi connectivity index (χ0) is 13.9. The molecule has 19 heavy (non-hydrogen) atoms. The van der Waals surface area contributed by atoms with E-state index in [1.807, 2.05) is 0 Å². The maximum absolute atomic E-state index is 11.8. The maximum atomic E-state index is 11.8. The van der Waals surface area contributed by atoms with E-state index in [0.717, 1.165) is 25.4 Å². The average Bonchev–Trinajstić information content (AvgIpc) is 2.86. The standard InChI is InChI=1S/C13H20Cl3NO2/c14-13(15,16)9-19-12(18)17-7-6-11(8-17)10-4-2-1-3-5-10/h10-11H,1-9H2/t11-/m1/s1. The van der Waals surface area contributed by atoms with Crippen molar-refractivity contribution in [2.75, 3.05) is 19.7 Å². The highest BCUT2D eigenvalue weighted by molar-refractivity contribution is 6.67. The second-order valence-electron chi connectivity index (χ2n) is 5.56. The topological polar surface area (TPSA) is 29.5 Å². The largest absolute Gasteiger partial charge is 0.445 e. The van der Waals surface area contributed by atoms with Crippen molar-refractivity contribution in [1.29, 1.82) is 0 Å². The van der Waals surface area contributed by atoms with Crippen LogP contribution in [0.15, 0.2) is 0 Å². The normalized spacial score (nSPS) is 25.6. The first kappa shape index (κ1) is 15.5. The van der Waals surface area contributed by atoms with Gasteiger partial charge in [-0.15, -0.1) is 0 Å². The summed E-state index contributed by atoms with van der Waals surface area (Å²) in [7, 11) is 0. The Kier molecular flexibility index (Phi) is 5.50. The molecule has 6 heteroatoms. The second kappa shape index (κ2) is 6.73. The van der Waals surface area contributed by atoms with E-state index < -0.39 is 3.79 Å². The molecule has 0 N–H and O–H groups in total. The van der Waals surface area contributed by atoms with Gasteiger partial charge >= 0.3 is 6.09 Å². The monoisotopic (exact) mass is 327 g/mol. The Bertz CT molecular complexity index is 314. The van der Waals surface area contributed by atoms with Crippen LogP contribution in [0.2, 0.25) is 0 Å². The Morgan fingerprint density at radius 3 is 2.42 bits per heavy atom. The molecule has 1 saturated carbocycles. The van der Waals surface area contributed by atoms with Gasteiger partial charge in [0.2, 0.25) is 3.79 Å². The summed E-state index contributed by atoms with van der Waals surface area (Å²) in [5.74, 6) is 1.40. The molecule has 1 aliphatic heterocycles. The van der Waals surface area contributed by atoms with Crippen molar-refractivity contribution in [3.63, 3.8) is 0 Å². The lowest BCUT2D eigenvalue weighted by molar-refractivity contribution is 0.109. The Morgan fingerprint density at radius 1 is 1.11 bits per heavy atom. The fourth-order valence-electron chi connectivity index (χ4n) is 3.18. The number of ether oxygens (including phenoxy) is 1. The zero-order valence-electron chi connectivity index (χ0n) is 10.9. The van der Waals surface area contributed by atoms with Gasteiger partial charge in [0.25, 0.3) is 0 Å². The number of alkyl halides is 3. The van der Waals surface area contributed by atoms with Crippen LogP contribution in [0, 0.1) is 11.8 Å². The number of halogens is 3. The van der Waals surface area contributed by atoms with Gasteiger partial charge in [-0.05, 0) is 18.3 Å². The first-order chi connectivity index (χ1) is 8.96. The summed E-state index contributed by atoms with van der Waals surface area (Å²) in [6.07, 6.45) is 7.36. The van der Waals surface area contributed by atoms with Gasteiger partial charge in [-0.3, -0.25) is 0 Å². The van der Waals surface area contributed by atoms with Crippen LogP contribution in [0.3, 0.4) is 0 Å². The lowest BCUT2D eigenvalue weighted by Gasteiger charge is -2.27. The van der Waals surface area contributed by atoms with Gasteiger partial charge in [0.1, 0.15) is 6.61 Å². The van der Waals surface area contributed by atoms with E-state index in [4.69, 9.17) is 39.5 Å². The highest BCUT2D eigenvalue weighted by Gasteiger charge is 2.34. The van der Waals surface area contributed by atoms with Gasteiger partial charge in [0, 0.05) is 13.1 Å². The van der Waals surface area contributed by atoms with Crippen LogP contribution < -0.4 is 0 Å². The second-order valence-corrected chi connectivity index (χ2v) is 8.08. The lowest BCUT2D eigenvalue weighted by atomic mass is 9.80. The Balaban J connectivity index is 1.76. The molecular weight excluding hydrogens is 309 g/mol. The molecule has 2 rings (SSSR count). The van der Waals surface area contributed by atoms with E-state index in [0.29, 0.717) is 5.92 Å². The van der Waals surface area contributed by atoms with Crippen LogP contribution in [0.5, 0.6) is 0 Å². The zero-order valence-corrected chi connectivity index (χ0v) is 13.2. The molecule has 0 spiro atoms. The molecular formula is C13H20Cl3NO2. The Labute approximate surface area is 129 Å². The minimum Gasteiger partial charge on any atom is -0.445 e. The van der Waals surface area contributed by atoms with Gasteiger partial charge in [-0.1, -0.05) is 66.9 Å². The summed E-state index contributed by atoms with van der Waals surface area (Å²) in [5, 5.41) is 0.